The predicted octanol–water partition coefficient (Wildman–Crippen LogP) is 4.06. The van der Waals surface area contributed by atoms with Gasteiger partial charge in [-0.25, -0.2) is 4.99 Å². The number of hydrogen-bond acceptors (Lipinski definition) is 3. The van der Waals surface area contributed by atoms with E-state index >= 15 is 0 Å². The number of aliphatic imine (C=N–C) groups is 1. The Bertz CT molecular complexity index is 751. The summed E-state index contributed by atoms with van der Waals surface area (Å²) in [5.74, 6) is 1.77. The number of hydrogen-bond donors (Lipinski definition) is 2. The Morgan fingerprint density at radius 2 is 1.79 bits per heavy atom. The van der Waals surface area contributed by atoms with Gasteiger partial charge in [-0.1, -0.05) is 49.4 Å². The van der Waals surface area contributed by atoms with E-state index in [-0.39, 0.29) is 24.0 Å². The van der Waals surface area contributed by atoms with Crippen LogP contribution in [0, 0.1) is 0 Å². The molecule has 6 heteroatoms. The van der Waals surface area contributed by atoms with Crippen LogP contribution in [0.15, 0.2) is 53.5 Å². The number of nitrogens with one attached hydrogen (secondary N) is 2. The van der Waals surface area contributed by atoms with Crippen LogP contribution in [0.25, 0.3) is 0 Å². The van der Waals surface area contributed by atoms with Crippen LogP contribution in [-0.2, 0) is 19.5 Å². The topological polar surface area (TPSA) is 48.9 Å². The molecule has 0 aliphatic heterocycles. The average Bonchev–Trinajstić information content (AvgIpc) is 2.72. The van der Waals surface area contributed by atoms with E-state index in [1.54, 1.807) is 7.11 Å². The van der Waals surface area contributed by atoms with E-state index < -0.39 is 0 Å². The molecular weight excluding hydrogens is 475 g/mol. The zero-order chi connectivity index (χ0) is 20.2. The van der Waals surface area contributed by atoms with E-state index in [4.69, 9.17) is 9.73 Å². The second kappa shape index (κ2) is 14.2. The van der Waals surface area contributed by atoms with Gasteiger partial charge in [0.1, 0.15) is 5.75 Å². The third-order valence-electron chi connectivity index (χ3n) is 4.63. The molecular formula is C23H35IN4O. The first-order chi connectivity index (χ1) is 13.7. The fourth-order valence-corrected chi connectivity index (χ4v) is 2.99. The molecule has 2 aromatic rings. The Kier molecular flexibility index (Phi) is 12.4. The van der Waals surface area contributed by atoms with Crippen molar-refractivity contribution in [1.82, 2.24) is 15.5 Å². The quantitative estimate of drug-likeness (QED) is 0.288. The van der Waals surface area contributed by atoms with Gasteiger partial charge in [0.05, 0.1) is 13.7 Å². The fourth-order valence-electron chi connectivity index (χ4n) is 2.99. The van der Waals surface area contributed by atoms with Crippen molar-refractivity contribution in [2.24, 2.45) is 4.99 Å². The van der Waals surface area contributed by atoms with Crippen LogP contribution in [0.4, 0.5) is 0 Å². The highest BCUT2D eigenvalue weighted by Gasteiger charge is 2.03. The third kappa shape index (κ3) is 9.04. The molecule has 2 rings (SSSR count). The SMILES string of the molecule is CCNC(=NCc1cccc(CN(C)CC)c1)NCCc1ccccc1OC.I. The van der Waals surface area contributed by atoms with Gasteiger partial charge in [0.15, 0.2) is 5.96 Å². The first-order valence-electron chi connectivity index (χ1n) is 10.1. The summed E-state index contributed by atoms with van der Waals surface area (Å²) in [7, 11) is 3.85. The number of halogens is 1. The smallest absolute Gasteiger partial charge is 0.191 e. The van der Waals surface area contributed by atoms with Crippen LogP contribution >= 0.6 is 24.0 Å². The van der Waals surface area contributed by atoms with E-state index in [1.165, 1.54) is 16.7 Å². The van der Waals surface area contributed by atoms with E-state index in [1.807, 2.05) is 18.2 Å². The minimum Gasteiger partial charge on any atom is -0.496 e. The molecule has 160 valence electrons. The van der Waals surface area contributed by atoms with Crippen LogP contribution < -0.4 is 15.4 Å². The highest BCUT2D eigenvalue weighted by molar-refractivity contribution is 14.0. The molecule has 0 aromatic heterocycles. The van der Waals surface area contributed by atoms with Gasteiger partial charge in [-0.3, -0.25) is 0 Å². The minimum absolute atomic E-state index is 0. The van der Waals surface area contributed by atoms with Gasteiger partial charge in [0.25, 0.3) is 0 Å². The molecule has 0 saturated carbocycles. The molecule has 2 N–H and O–H groups in total. The molecule has 5 nitrogen and oxygen atoms in total. The predicted molar refractivity (Wildman–Crippen MR) is 133 cm³/mol. The molecule has 0 atom stereocenters. The molecule has 0 unspecified atom stereocenters. The van der Waals surface area contributed by atoms with Crippen LogP contribution in [0.5, 0.6) is 5.75 Å². The molecule has 0 fully saturated rings. The first-order valence-corrected chi connectivity index (χ1v) is 10.1. The summed E-state index contributed by atoms with van der Waals surface area (Å²) in [6.07, 6.45) is 0.882. The maximum Gasteiger partial charge on any atom is 0.191 e. The Morgan fingerprint density at radius 3 is 2.52 bits per heavy atom. The Balaban J connectivity index is 0.00000420. The summed E-state index contributed by atoms with van der Waals surface area (Å²) < 4.78 is 5.43. The van der Waals surface area contributed by atoms with Gasteiger partial charge >= 0.3 is 0 Å². The van der Waals surface area contributed by atoms with Crippen molar-refractivity contribution < 1.29 is 4.74 Å². The zero-order valence-electron chi connectivity index (χ0n) is 18.1. The van der Waals surface area contributed by atoms with Gasteiger partial charge in [-0.2, -0.15) is 0 Å². The van der Waals surface area contributed by atoms with Crippen LogP contribution in [0.2, 0.25) is 0 Å². The van der Waals surface area contributed by atoms with Gasteiger partial charge in [0, 0.05) is 19.6 Å². The van der Waals surface area contributed by atoms with Crippen LogP contribution in [-0.4, -0.2) is 44.7 Å². The van der Waals surface area contributed by atoms with Crippen molar-refractivity contribution >= 4 is 29.9 Å². The summed E-state index contributed by atoms with van der Waals surface area (Å²) >= 11 is 0. The lowest BCUT2D eigenvalue weighted by atomic mass is 10.1. The number of ether oxygens (including phenoxy) is 1. The zero-order valence-corrected chi connectivity index (χ0v) is 20.4. The van der Waals surface area contributed by atoms with Crippen LogP contribution in [0.3, 0.4) is 0 Å². The standard InChI is InChI=1S/C23H34N4O.HI/c1-5-24-23(25-15-14-21-12-7-8-13-22(21)28-4)26-17-19-10-9-11-20(16-19)18-27(3)6-2;/h7-13,16H,5-6,14-15,17-18H2,1-4H3,(H2,24,25,26);1H. The molecule has 29 heavy (non-hydrogen) atoms. The van der Waals surface area contributed by atoms with E-state index in [0.29, 0.717) is 6.54 Å². The first kappa shape index (κ1) is 25.2. The lowest BCUT2D eigenvalue weighted by molar-refractivity contribution is 0.345. The number of nitrogens with zero attached hydrogens (tertiary/aromatic N) is 2. The lowest BCUT2D eigenvalue weighted by Gasteiger charge is -2.15. The number of para-hydroxylation sites is 1. The molecule has 0 heterocycles. The largest absolute Gasteiger partial charge is 0.496 e. The third-order valence-corrected chi connectivity index (χ3v) is 4.63. The van der Waals surface area contributed by atoms with Crippen molar-refractivity contribution in [3.63, 3.8) is 0 Å². The highest BCUT2D eigenvalue weighted by Crippen LogP contribution is 2.17. The molecule has 0 amide bonds. The van der Waals surface area contributed by atoms with Crippen molar-refractivity contribution in [3.8, 4) is 5.75 Å². The fraction of sp³-hybridized carbons (Fsp3) is 0.435. The molecule has 0 spiro atoms. The van der Waals surface area contributed by atoms with E-state index in [2.05, 4.69) is 66.8 Å². The summed E-state index contributed by atoms with van der Waals surface area (Å²) in [5.41, 5.74) is 3.75. The van der Waals surface area contributed by atoms with E-state index in [0.717, 1.165) is 44.3 Å². The maximum atomic E-state index is 5.43. The Morgan fingerprint density at radius 1 is 1.03 bits per heavy atom. The van der Waals surface area contributed by atoms with Gasteiger partial charge in [-0.05, 0) is 49.7 Å². The second-order valence-electron chi connectivity index (χ2n) is 6.83. The van der Waals surface area contributed by atoms with Crippen molar-refractivity contribution in [1.29, 1.82) is 0 Å². The van der Waals surface area contributed by atoms with E-state index in [9.17, 15) is 0 Å². The Hall–Kier alpha value is -1.80. The summed E-state index contributed by atoms with van der Waals surface area (Å²) in [6.45, 7) is 8.56. The lowest BCUT2D eigenvalue weighted by Crippen LogP contribution is -2.38. The monoisotopic (exact) mass is 510 g/mol. The second-order valence-corrected chi connectivity index (χ2v) is 6.83. The van der Waals surface area contributed by atoms with Gasteiger partial charge in [0.2, 0.25) is 0 Å². The molecule has 0 bridgehead atoms. The molecule has 2 aromatic carbocycles. The van der Waals surface area contributed by atoms with Gasteiger partial charge in [-0.15, -0.1) is 24.0 Å². The Labute approximate surface area is 193 Å². The minimum atomic E-state index is 0. The number of rotatable bonds is 10. The number of methoxy groups -OCH3 is 1. The number of benzene rings is 2. The van der Waals surface area contributed by atoms with Gasteiger partial charge < -0.3 is 20.3 Å². The molecule has 0 aliphatic rings. The summed E-state index contributed by atoms with van der Waals surface area (Å²) in [5, 5.41) is 6.74. The normalized spacial score (nSPS) is 11.1. The summed E-state index contributed by atoms with van der Waals surface area (Å²) in [4.78, 5) is 7.04. The number of guanidine groups is 1. The average molecular weight is 510 g/mol. The van der Waals surface area contributed by atoms with Crippen molar-refractivity contribution in [2.75, 3.05) is 33.8 Å². The molecule has 0 aliphatic carbocycles. The summed E-state index contributed by atoms with van der Waals surface area (Å²) in [6, 6.07) is 16.8. The van der Waals surface area contributed by atoms with Crippen molar-refractivity contribution in [2.45, 2.75) is 33.4 Å². The molecule has 0 saturated heterocycles. The van der Waals surface area contributed by atoms with Crippen molar-refractivity contribution in [3.05, 3.63) is 65.2 Å². The maximum absolute atomic E-state index is 5.43. The highest BCUT2D eigenvalue weighted by atomic mass is 127. The molecule has 0 radical (unpaired) electrons. The van der Waals surface area contributed by atoms with Crippen LogP contribution in [0.1, 0.15) is 30.5 Å².